The largest absolute Gasteiger partial charge is 0.368 e. The van der Waals surface area contributed by atoms with Crippen LogP contribution >= 0.6 is 0 Å². The molecule has 0 radical (unpaired) electrons. The zero-order valence-electron chi connectivity index (χ0n) is 16.5. The molecular formula is C22H22N6O. The van der Waals surface area contributed by atoms with Gasteiger partial charge in [0.25, 0.3) is 5.56 Å². The maximum atomic E-state index is 12.2. The Balaban J connectivity index is 1.38. The van der Waals surface area contributed by atoms with Gasteiger partial charge in [0.2, 0.25) is 0 Å². The third-order valence-electron chi connectivity index (χ3n) is 5.57. The maximum absolute atomic E-state index is 12.2. The quantitative estimate of drug-likeness (QED) is 0.527. The Morgan fingerprint density at radius 2 is 1.55 bits per heavy atom. The zero-order chi connectivity index (χ0) is 20.0. The van der Waals surface area contributed by atoms with Crippen molar-refractivity contribution in [2.24, 2.45) is 7.05 Å². The third-order valence-corrected chi connectivity index (χ3v) is 5.57. The monoisotopic (exact) mass is 386 g/mol. The Labute approximate surface area is 168 Å². The van der Waals surface area contributed by atoms with Crippen LogP contribution in [0, 0.1) is 6.92 Å². The number of aromatic nitrogens is 4. The minimum Gasteiger partial charge on any atom is -0.368 e. The molecule has 1 aliphatic heterocycles. The highest BCUT2D eigenvalue weighted by Crippen LogP contribution is 2.24. The summed E-state index contributed by atoms with van der Waals surface area (Å²) in [6.07, 6.45) is 1.58. The van der Waals surface area contributed by atoms with Crippen molar-refractivity contribution in [3.8, 4) is 0 Å². The molecule has 0 saturated carbocycles. The van der Waals surface area contributed by atoms with Crippen LogP contribution in [-0.4, -0.2) is 45.7 Å². The number of rotatable bonds is 2. The molecule has 2 aromatic carbocycles. The molecule has 0 aliphatic carbocycles. The molecule has 4 aromatic rings. The van der Waals surface area contributed by atoms with Gasteiger partial charge in [-0.2, -0.15) is 0 Å². The van der Waals surface area contributed by atoms with E-state index in [0.29, 0.717) is 5.39 Å². The van der Waals surface area contributed by atoms with Crippen LogP contribution in [0.1, 0.15) is 5.69 Å². The second kappa shape index (κ2) is 6.84. The Morgan fingerprint density at radius 3 is 2.31 bits per heavy atom. The van der Waals surface area contributed by atoms with E-state index >= 15 is 0 Å². The van der Waals surface area contributed by atoms with Gasteiger partial charge in [-0.05, 0) is 37.3 Å². The minimum absolute atomic E-state index is 0.0169. The lowest BCUT2D eigenvalue weighted by Gasteiger charge is -2.37. The van der Waals surface area contributed by atoms with Crippen LogP contribution in [0.25, 0.3) is 21.9 Å². The number of anilines is 2. The molecule has 1 saturated heterocycles. The molecule has 0 atom stereocenters. The predicted octanol–water partition coefficient (Wildman–Crippen LogP) is 2.51. The summed E-state index contributed by atoms with van der Waals surface area (Å²) in [6, 6.07) is 13.9. The molecule has 0 bridgehead atoms. The lowest BCUT2D eigenvalue weighted by atomic mass is 10.2. The summed E-state index contributed by atoms with van der Waals surface area (Å²) in [5.74, 6) is 0.965. The van der Waals surface area contributed by atoms with Crippen molar-refractivity contribution >= 4 is 33.4 Å². The fraction of sp³-hybridized carbons (Fsp3) is 0.273. The van der Waals surface area contributed by atoms with Crippen molar-refractivity contribution in [1.29, 1.82) is 0 Å². The average molecular weight is 386 g/mol. The van der Waals surface area contributed by atoms with Gasteiger partial charge >= 0.3 is 0 Å². The minimum atomic E-state index is -0.0169. The summed E-state index contributed by atoms with van der Waals surface area (Å²) >= 11 is 0. The van der Waals surface area contributed by atoms with Crippen molar-refractivity contribution in [2.45, 2.75) is 6.92 Å². The number of hydrogen-bond acceptors (Lipinski definition) is 6. The van der Waals surface area contributed by atoms with Crippen molar-refractivity contribution in [2.75, 3.05) is 36.0 Å². The Bertz CT molecular complexity index is 1270. The van der Waals surface area contributed by atoms with Crippen molar-refractivity contribution < 1.29 is 0 Å². The van der Waals surface area contributed by atoms with E-state index < -0.39 is 0 Å². The van der Waals surface area contributed by atoms with Gasteiger partial charge in [0.15, 0.2) is 5.82 Å². The summed E-state index contributed by atoms with van der Waals surface area (Å²) in [4.78, 5) is 30.8. The highest BCUT2D eigenvalue weighted by atomic mass is 16.1. The zero-order valence-corrected chi connectivity index (χ0v) is 16.5. The van der Waals surface area contributed by atoms with E-state index in [4.69, 9.17) is 9.97 Å². The van der Waals surface area contributed by atoms with E-state index in [1.807, 2.05) is 49.4 Å². The first-order valence-electron chi connectivity index (χ1n) is 9.79. The molecule has 5 rings (SSSR count). The van der Waals surface area contributed by atoms with Crippen molar-refractivity contribution in [3.63, 3.8) is 0 Å². The SMILES string of the molecule is Cc1nc2ccccc2nc1N1CCN(c2ccc3c(=O)n(C)cnc3c2)CC1. The standard InChI is InChI=1S/C22H22N6O/c1-15-21(25-19-6-4-3-5-18(19)24-15)28-11-9-27(10-12-28)16-7-8-17-20(13-16)23-14-26(2)22(17)29/h3-8,13-14H,9-12H2,1-2H3. The van der Waals surface area contributed by atoms with Gasteiger partial charge in [0.1, 0.15) is 0 Å². The third kappa shape index (κ3) is 3.08. The fourth-order valence-electron chi connectivity index (χ4n) is 3.95. The second-order valence-electron chi connectivity index (χ2n) is 7.46. The summed E-state index contributed by atoms with van der Waals surface area (Å²) in [5.41, 5.74) is 4.64. The maximum Gasteiger partial charge on any atom is 0.260 e. The van der Waals surface area contributed by atoms with Crippen LogP contribution < -0.4 is 15.4 Å². The normalized spacial score (nSPS) is 14.7. The van der Waals surface area contributed by atoms with Gasteiger partial charge in [-0.3, -0.25) is 4.79 Å². The molecule has 3 heterocycles. The lowest BCUT2D eigenvalue weighted by Crippen LogP contribution is -2.47. The molecule has 7 heteroatoms. The van der Waals surface area contributed by atoms with Crippen LogP contribution in [0.2, 0.25) is 0 Å². The van der Waals surface area contributed by atoms with E-state index in [-0.39, 0.29) is 5.56 Å². The number of piperazine rings is 1. The molecule has 0 amide bonds. The van der Waals surface area contributed by atoms with Crippen LogP contribution in [0.3, 0.4) is 0 Å². The summed E-state index contributed by atoms with van der Waals surface area (Å²) in [5, 5.41) is 0.652. The van der Waals surface area contributed by atoms with E-state index in [0.717, 1.165) is 59.9 Å². The summed E-state index contributed by atoms with van der Waals surface area (Å²) in [6.45, 7) is 5.52. The second-order valence-corrected chi connectivity index (χ2v) is 7.46. The highest BCUT2D eigenvalue weighted by molar-refractivity contribution is 5.81. The van der Waals surface area contributed by atoms with Crippen LogP contribution in [0.5, 0.6) is 0 Å². The van der Waals surface area contributed by atoms with Gasteiger partial charge in [0, 0.05) is 38.9 Å². The van der Waals surface area contributed by atoms with E-state index in [9.17, 15) is 4.79 Å². The first kappa shape index (κ1) is 17.6. The predicted molar refractivity (Wildman–Crippen MR) is 116 cm³/mol. The first-order chi connectivity index (χ1) is 14.1. The highest BCUT2D eigenvalue weighted by Gasteiger charge is 2.21. The fourth-order valence-corrected chi connectivity index (χ4v) is 3.95. The van der Waals surface area contributed by atoms with Crippen molar-refractivity contribution in [3.05, 3.63) is 64.8 Å². The van der Waals surface area contributed by atoms with Gasteiger partial charge in [-0.15, -0.1) is 0 Å². The molecule has 146 valence electrons. The topological polar surface area (TPSA) is 67.2 Å². The number of aryl methyl sites for hydroxylation is 2. The van der Waals surface area contributed by atoms with Crippen LogP contribution in [0.15, 0.2) is 53.6 Å². The Morgan fingerprint density at radius 1 is 0.862 bits per heavy atom. The number of fused-ring (bicyclic) bond motifs is 2. The lowest BCUT2D eigenvalue weighted by molar-refractivity contribution is 0.646. The Kier molecular flexibility index (Phi) is 4.16. The molecular weight excluding hydrogens is 364 g/mol. The average Bonchev–Trinajstić information content (AvgIpc) is 2.76. The number of nitrogens with zero attached hydrogens (tertiary/aromatic N) is 6. The van der Waals surface area contributed by atoms with E-state index in [1.165, 1.54) is 4.57 Å². The first-order valence-corrected chi connectivity index (χ1v) is 9.79. The molecule has 0 unspecified atom stereocenters. The molecule has 0 spiro atoms. The molecule has 7 nitrogen and oxygen atoms in total. The number of para-hydroxylation sites is 2. The van der Waals surface area contributed by atoms with Gasteiger partial charge in [0.05, 0.1) is 34.0 Å². The molecule has 29 heavy (non-hydrogen) atoms. The molecule has 0 N–H and O–H groups in total. The van der Waals surface area contributed by atoms with Gasteiger partial charge in [-0.1, -0.05) is 12.1 Å². The molecule has 1 fully saturated rings. The summed E-state index contributed by atoms with van der Waals surface area (Å²) in [7, 11) is 1.72. The van der Waals surface area contributed by atoms with Crippen LogP contribution in [-0.2, 0) is 7.05 Å². The molecule has 1 aliphatic rings. The van der Waals surface area contributed by atoms with Crippen molar-refractivity contribution in [1.82, 2.24) is 19.5 Å². The van der Waals surface area contributed by atoms with Gasteiger partial charge in [-0.25, -0.2) is 15.0 Å². The van der Waals surface area contributed by atoms with Gasteiger partial charge < -0.3 is 14.4 Å². The number of hydrogen-bond donors (Lipinski definition) is 0. The van der Waals surface area contributed by atoms with Crippen LogP contribution in [0.4, 0.5) is 11.5 Å². The van der Waals surface area contributed by atoms with E-state index in [1.54, 1.807) is 13.4 Å². The van der Waals surface area contributed by atoms with E-state index in [2.05, 4.69) is 14.8 Å². The summed E-state index contributed by atoms with van der Waals surface area (Å²) < 4.78 is 1.51. The Hall–Kier alpha value is -3.48. The molecule has 2 aromatic heterocycles. The number of benzene rings is 2. The smallest absolute Gasteiger partial charge is 0.260 e.